The molecule has 3 heteroatoms. The topological polar surface area (TPSA) is 34.3 Å². The Bertz CT molecular complexity index is 288. The van der Waals surface area contributed by atoms with E-state index < -0.39 is 0 Å². The zero-order valence-corrected chi connectivity index (χ0v) is 5.11. The number of hydrogen-bond acceptors (Lipinski definition) is 2. The summed E-state index contributed by atoms with van der Waals surface area (Å²) in [5, 5.41) is 0. The van der Waals surface area contributed by atoms with Gasteiger partial charge in [-0.25, -0.2) is 0 Å². The van der Waals surface area contributed by atoms with Crippen molar-refractivity contribution in [3.05, 3.63) is 35.3 Å². The summed E-state index contributed by atoms with van der Waals surface area (Å²) in [6, 6.07) is 3.19. The summed E-state index contributed by atoms with van der Waals surface area (Å²) in [7, 11) is 0. The molecule has 0 amide bonds. The van der Waals surface area contributed by atoms with Crippen molar-refractivity contribution in [3.63, 3.8) is 0 Å². The van der Waals surface area contributed by atoms with E-state index in [4.69, 9.17) is 6.57 Å². The van der Waals surface area contributed by atoms with Crippen LogP contribution in [-0.2, 0) is 0 Å². The molecule has 0 aliphatic carbocycles. The summed E-state index contributed by atoms with van der Waals surface area (Å²) in [6.07, 6.45) is 2.11. The minimum atomic E-state index is 0.164. The lowest BCUT2D eigenvalue weighted by atomic mass is 10.3. The van der Waals surface area contributed by atoms with Crippen LogP contribution >= 0.6 is 0 Å². The lowest BCUT2D eigenvalue weighted by Gasteiger charge is -1.88. The molecule has 0 saturated heterocycles. The number of rotatable bonds is 1. The summed E-state index contributed by atoms with van der Waals surface area (Å²) in [4.78, 5) is 16.9. The maximum atomic E-state index is 10.2. The molecule has 48 valence electrons. The highest BCUT2D eigenvalue weighted by Crippen LogP contribution is 2.10. The summed E-state index contributed by atoms with van der Waals surface area (Å²) in [5.41, 5.74) is 0.345. The molecule has 0 aliphatic heterocycles. The molecular formula is C7H4N2O. The van der Waals surface area contributed by atoms with Crippen LogP contribution in [0.25, 0.3) is 4.85 Å². The van der Waals surface area contributed by atoms with Crippen molar-refractivity contribution >= 4 is 12.1 Å². The smallest absolute Gasteiger partial charge is 0.280 e. The minimum Gasteiger partial charge on any atom is -0.360 e. The minimum absolute atomic E-state index is 0.164. The first-order valence-electron chi connectivity index (χ1n) is 2.66. The maximum absolute atomic E-state index is 10.2. The molecule has 10 heavy (non-hydrogen) atoms. The van der Waals surface area contributed by atoms with Gasteiger partial charge in [0.25, 0.3) is 5.82 Å². The number of nitrogens with zero attached hydrogens (tertiary/aromatic N) is 2. The van der Waals surface area contributed by atoms with Gasteiger partial charge in [0.1, 0.15) is 12.5 Å². The molecule has 1 rings (SSSR count). The Hall–Kier alpha value is -1.69. The van der Waals surface area contributed by atoms with Crippen molar-refractivity contribution in [2.45, 2.75) is 0 Å². The Balaban J connectivity index is 3.24. The maximum Gasteiger partial charge on any atom is 0.280 e. The van der Waals surface area contributed by atoms with Gasteiger partial charge in [-0.1, -0.05) is 12.6 Å². The highest BCUT2D eigenvalue weighted by molar-refractivity contribution is 5.82. The van der Waals surface area contributed by atoms with Crippen molar-refractivity contribution in [2.24, 2.45) is 0 Å². The van der Waals surface area contributed by atoms with Crippen molar-refractivity contribution in [1.82, 2.24) is 4.98 Å². The third-order valence-electron chi connectivity index (χ3n) is 1.05. The number of pyridine rings is 1. The summed E-state index contributed by atoms with van der Waals surface area (Å²) in [6.45, 7) is 6.59. The largest absolute Gasteiger partial charge is 0.360 e. The highest BCUT2D eigenvalue weighted by atomic mass is 16.1. The van der Waals surface area contributed by atoms with Crippen LogP contribution in [0.2, 0.25) is 0 Å². The molecule has 3 nitrogen and oxygen atoms in total. The second-order valence-electron chi connectivity index (χ2n) is 1.65. The Kier molecular flexibility index (Phi) is 1.76. The van der Waals surface area contributed by atoms with Gasteiger partial charge in [-0.3, -0.25) is 4.79 Å². The van der Waals surface area contributed by atoms with Crippen LogP contribution in [0, 0.1) is 6.57 Å². The lowest BCUT2D eigenvalue weighted by Crippen LogP contribution is -1.80. The van der Waals surface area contributed by atoms with E-state index >= 15 is 0 Å². The first-order chi connectivity index (χ1) is 4.88. The second kappa shape index (κ2) is 2.74. The molecule has 0 N–H and O–H groups in total. The van der Waals surface area contributed by atoms with Crippen LogP contribution in [0.1, 0.15) is 10.4 Å². The van der Waals surface area contributed by atoms with Gasteiger partial charge in [0.05, 0.1) is 0 Å². The third kappa shape index (κ3) is 1.00. The molecule has 1 aromatic rings. The fraction of sp³-hybridized carbons (Fsp3) is 0. The Morgan fingerprint density at radius 2 is 2.50 bits per heavy atom. The molecule has 0 saturated carbocycles. The van der Waals surface area contributed by atoms with Crippen LogP contribution in [0.3, 0.4) is 0 Å². The Labute approximate surface area is 58.1 Å². The second-order valence-corrected chi connectivity index (χ2v) is 1.65. The number of carbonyl (C=O) groups excluding carboxylic acids is 1. The van der Waals surface area contributed by atoms with Crippen LogP contribution < -0.4 is 0 Å². The first kappa shape index (κ1) is 6.43. The summed E-state index contributed by atoms with van der Waals surface area (Å²) < 4.78 is 0. The molecule has 0 radical (unpaired) electrons. The van der Waals surface area contributed by atoms with Gasteiger partial charge in [0.2, 0.25) is 0 Å². The third-order valence-corrected chi connectivity index (χ3v) is 1.05. The van der Waals surface area contributed by atoms with Gasteiger partial charge < -0.3 is 4.85 Å². The van der Waals surface area contributed by atoms with E-state index in [1.54, 1.807) is 12.1 Å². The number of aldehydes is 1. The number of carbonyl (C=O) groups is 1. The van der Waals surface area contributed by atoms with Crippen LogP contribution in [0.4, 0.5) is 5.82 Å². The van der Waals surface area contributed by atoms with E-state index in [1.807, 2.05) is 0 Å². The van der Waals surface area contributed by atoms with Crippen molar-refractivity contribution in [3.8, 4) is 0 Å². The lowest BCUT2D eigenvalue weighted by molar-refractivity contribution is 0.112. The standard InChI is InChI=1S/C7H4N2O/c1-8-7-6(5-10)3-2-4-9-7/h2-5H. The SMILES string of the molecule is [C-]#[N+]c1ncccc1C=O. The fourth-order valence-electron chi connectivity index (χ4n) is 0.595. The van der Waals surface area contributed by atoms with E-state index in [-0.39, 0.29) is 5.82 Å². The Morgan fingerprint density at radius 1 is 1.70 bits per heavy atom. The molecule has 0 aliphatic rings. The summed E-state index contributed by atoms with van der Waals surface area (Å²) >= 11 is 0. The van der Waals surface area contributed by atoms with E-state index in [9.17, 15) is 4.79 Å². The van der Waals surface area contributed by atoms with Gasteiger partial charge in [0, 0.05) is 5.56 Å². The van der Waals surface area contributed by atoms with Gasteiger partial charge in [0.15, 0.2) is 0 Å². The van der Waals surface area contributed by atoms with Crippen molar-refractivity contribution in [2.75, 3.05) is 0 Å². The average molecular weight is 132 g/mol. The van der Waals surface area contributed by atoms with Crippen molar-refractivity contribution in [1.29, 1.82) is 0 Å². The fourth-order valence-corrected chi connectivity index (χ4v) is 0.595. The van der Waals surface area contributed by atoms with Crippen molar-refractivity contribution < 1.29 is 4.79 Å². The molecule has 0 atom stereocenters. The summed E-state index contributed by atoms with van der Waals surface area (Å²) in [5.74, 6) is 0.164. The Morgan fingerprint density at radius 3 is 3.00 bits per heavy atom. The van der Waals surface area contributed by atoms with E-state index in [0.29, 0.717) is 11.8 Å². The van der Waals surface area contributed by atoms with Gasteiger partial charge in [-0.2, -0.15) is 0 Å². The van der Waals surface area contributed by atoms with E-state index in [1.165, 1.54) is 6.20 Å². The van der Waals surface area contributed by atoms with Crippen LogP contribution in [0.15, 0.2) is 18.3 Å². The molecule has 0 fully saturated rings. The zero-order valence-electron chi connectivity index (χ0n) is 5.11. The predicted octanol–water partition coefficient (Wildman–Crippen LogP) is 1.44. The molecule has 1 aromatic heterocycles. The quantitative estimate of drug-likeness (QED) is 0.428. The predicted molar refractivity (Wildman–Crippen MR) is 35.9 cm³/mol. The molecule has 0 aromatic carbocycles. The van der Waals surface area contributed by atoms with Crippen LogP contribution in [-0.4, -0.2) is 11.3 Å². The molecule has 1 heterocycles. The monoisotopic (exact) mass is 132 g/mol. The normalized spacial score (nSPS) is 8.30. The highest BCUT2D eigenvalue weighted by Gasteiger charge is 1.98. The molecule has 0 bridgehead atoms. The zero-order chi connectivity index (χ0) is 7.40. The van der Waals surface area contributed by atoms with Crippen LogP contribution in [0.5, 0.6) is 0 Å². The van der Waals surface area contributed by atoms with Gasteiger partial charge in [-0.15, -0.1) is 4.98 Å². The van der Waals surface area contributed by atoms with E-state index in [0.717, 1.165) is 0 Å². The molecular weight excluding hydrogens is 128 g/mol. The first-order valence-corrected chi connectivity index (χ1v) is 2.66. The average Bonchev–Trinajstić information content (AvgIpc) is 2.04. The van der Waals surface area contributed by atoms with E-state index in [2.05, 4.69) is 9.83 Å². The van der Waals surface area contributed by atoms with Gasteiger partial charge >= 0.3 is 0 Å². The van der Waals surface area contributed by atoms with Gasteiger partial charge in [-0.05, 0) is 6.07 Å². The molecule has 0 unspecified atom stereocenters. The molecule has 0 spiro atoms. The number of aromatic nitrogens is 1. The number of hydrogen-bond donors (Lipinski definition) is 0.